The normalized spacial score (nSPS) is 23.7. The number of benzene rings is 1. The third-order valence-corrected chi connectivity index (χ3v) is 6.87. The molecular formula is C19H28N2O4S. The van der Waals surface area contributed by atoms with E-state index in [2.05, 4.69) is 5.32 Å². The van der Waals surface area contributed by atoms with E-state index in [-0.39, 0.29) is 22.8 Å². The number of nitrogens with zero attached hydrogens (tertiary/aromatic N) is 1. The predicted molar refractivity (Wildman–Crippen MR) is 101 cm³/mol. The molecule has 3 rings (SSSR count). The van der Waals surface area contributed by atoms with Gasteiger partial charge in [-0.05, 0) is 57.2 Å². The Kier molecular flexibility index (Phi) is 5.58. The highest BCUT2D eigenvalue weighted by molar-refractivity contribution is 7.89. The molecule has 1 N–H and O–H groups in total. The lowest BCUT2D eigenvalue weighted by Gasteiger charge is -2.26. The Hall–Kier alpha value is -1.60. The molecule has 6 nitrogen and oxygen atoms in total. The second kappa shape index (κ2) is 7.56. The molecule has 1 saturated heterocycles. The molecule has 1 amide bonds. The van der Waals surface area contributed by atoms with E-state index in [0.29, 0.717) is 30.4 Å². The molecule has 1 aromatic carbocycles. The zero-order valence-corrected chi connectivity index (χ0v) is 16.5. The van der Waals surface area contributed by atoms with Gasteiger partial charge in [0.15, 0.2) is 0 Å². The molecule has 0 spiro atoms. The maximum absolute atomic E-state index is 12.9. The van der Waals surface area contributed by atoms with Crippen molar-refractivity contribution < 1.29 is 17.9 Å². The number of sulfonamides is 1. The first-order valence-electron chi connectivity index (χ1n) is 9.41. The van der Waals surface area contributed by atoms with E-state index >= 15 is 0 Å². The topological polar surface area (TPSA) is 75.7 Å². The largest absolute Gasteiger partial charge is 0.489 e. The molecule has 26 heavy (non-hydrogen) atoms. The van der Waals surface area contributed by atoms with Crippen LogP contribution in [0.2, 0.25) is 0 Å². The van der Waals surface area contributed by atoms with Crippen molar-refractivity contribution in [3.05, 3.63) is 18.2 Å². The van der Waals surface area contributed by atoms with Crippen LogP contribution >= 0.6 is 0 Å². The molecule has 144 valence electrons. The Labute approximate surface area is 156 Å². The fourth-order valence-electron chi connectivity index (χ4n) is 3.29. The highest BCUT2D eigenvalue weighted by Crippen LogP contribution is 2.39. The van der Waals surface area contributed by atoms with E-state index < -0.39 is 10.0 Å². The number of hydrogen-bond donors (Lipinski definition) is 1. The number of carbonyl (C=O) groups excluding carboxylic acids is 1. The van der Waals surface area contributed by atoms with Gasteiger partial charge in [0.1, 0.15) is 5.75 Å². The van der Waals surface area contributed by atoms with E-state index in [9.17, 15) is 13.2 Å². The standard InChI is InChI=1S/C19H28N2O4S/c1-13(2)25-18-8-7-15(26(23,24)21-9-5-4-6-10-21)12-17(18)20-19(22)16-11-14(16)3/h7-8,12-14,16H,4-6,9-11H2,1-3H3,(H,20,22)/t14-,16+/m0/s1. The van der Waals surface area contributed by atoms with Gasteiger partial charge >= 0.3 is 0 Å². The van der Waals surface area contributed by atoms with Gasteiger partial charge < -0.3 is 10.1 Å². The summed E-state index contributed by atoms with van der Waals surface area (Å²) in [5, 5.41) is 2.88. The Morgan fingerprint density at radius 1 is 1.23 bits per heavy atom. The second-order valence-corrected chi connectivity index (χ2v) is 9.54. The van der Waals surface area contributed by atoms with Crippen LogP contribution in [0, 0.1) is 11.8 Å². The van der Waals surface area contributed by atoms with Crippen LogP contribution in [0.5, 0.6) is 5.75 Å². The maximum Gasteiger partial charge on any atom is 0.243 e. The van der Waals surface area contributed by atoms with E-state index in [1.54, 1.807) is 12.1 Å². The lowest BCUT2D eigenvalue weighted by atomic mass is 10.2. The molecule has 1 heterocycles. The summed E-state index contributed by atoms with van der Waals surface area (Å²) in [7, 11) is -3.55. The van der Waals surface area contributed by atoms with E-state index in [4.69, 9.17) is 4.74 Å². The van der Waals surface area contributed by atoms with Crippen molar-refractivity contribution in [3.8, 4) is 5.75 Å². The van der Waals surface area contributed by atoms with E-state index in [1.807, 2.05) is 20.8 Å². The number of ether oxygens (including phenoxy) is 1. The number of piperidine rings is 1. The van der Waals surface area contributed by atoms with Gasteiger partial charge in [-0.1, -0.05) is 13.3 Å². The zero-order chi connectivity index (χ0) is 18.9. The van der Waals surface area contributed by atoms with Gasteiger partial charge in [-0.25, -0.2) is 8.42 Å². The van der Waals surface area contributed by atoms with Crippen LogP contribution in [0.1, 0.15) is 46.5 Å². The minimum atomic E-state index is -3.55. The number of rotatable bonds is 6. The van der Waals surface area contributed by atoms with Gasteiger partial charge in [-0.15, -0.1) is 0 Å². The SMILES string of the molecule is CC(C)Oc1ccc(S(=O)(=O)N2CCCCC2)cc1NC(=O)[C@@H]1C[C@@H]1C. The van der Waals surface area contributed by atoms with Gasteiger partial charge in [0, 0.05) is 19.0 Å². The molecule has 1 aliphatic carbocycles. The number of hydrogen-bond acceptors (Lipinski definition) is 4. The van der Waals surface area contributed by atoms with Gasteiger partial charge in [0.2, 0.25) is 15.9 Å². The van der Waals surface area contributed by atoms with Crippen LogP contribution in [0.4, 0.5) is 5.69 Å². The fourth-order valence-corrected chi connectivity index (χ4v) is 4.83. The number of amides is 1. The summed E-state index contributed by atoms with van der Waals surface area (Å²) in [6, 6.07) is 4.74. The number of anilines is 1. The Morgan fingerprint density at radius 2 is 1.88 bits per heavy atom. The van der Waals surface area contributed by atoms with Gasteiger partial charge in [0.25, 0.3) is 0 Å². The summed E-state index contributed by atoms with van der Waals surface area (Å²) in [5.74, 6) is 0.812. The van der Waals surface area contributed by atoms with Crippen LogP contribution in [-0.2, 0) is 14.8 Å². The van der Waals surface area contributed by atoms with Crippen molar-refractivity contribution in [2.24, 2.45) is 11.8 Å². The average Bonchev–Trinajstić information content (AvgIpc) is 3.33. The highest BCUT2D eigenvalue weighted by Gasteiger charge is 2.39. The first-order valence-corrected chi connectivity index (χ1v) is 10.8. The van der Waals surface area contributed by atoms with Crippen LogP contribution in [0.25, 0.3) is 0 Å². The molecule has 2 fully saturated rings. The third kappa shape index (κ3) is 4.20. The van der Waals surface area contributed by atoms with Crippen LogP contribution in [0.3, 0.4) is 0 Å². The molecular weight excluding hydrogens is 352 g/mol. The van der Waals surface area contributed by atoms with Gasteiger partial charge in [0.05, 0.1) is 16.7 Å². The quantitative estimate of drug-likeness (QED) is 0.822. The minimum Gasteiger partial charge on any atom is -0.489 e. The Balaban J connectivity index is 1.89. The minimum absolute atomic E-state index is 0.00394. The highest BCUT2D eigenvalue weighted by atomic mass is 32.2. The summed E-state index contributed by atoms with van der Waals surface area (Å²) < 4.78 is 33.2. The van der Waals surface area contributed by atoms with Crippen molar-refractivity contribution in [2.45, 2.75) is 57.5 Å². The van der Waals surface area contributed by atoms with E-state index in [0.717, 1.165) is 25.7 Å². The van der Waals surface area contributed by atoms with Crippen LogP contribution < -0.4 is 10.1 Å². The van der Waals surface area contributed by atoms with Crippen molar-refractivity contribution >= 4 is 21.6 Å². The van der Waals surface area contributed by atoms with Crippen molar-refractivity contribution in [3.63, 3.8) is 0 Å². The summed E-state index contributed by atoms with van der Waals surface area (Å²) in [6.07, 6.45) is 3.63. The maximum atomic E-state index is 12.9. The molecule has 2 atom stereocenters. The predicted octanol–water partition coefficient (Wildman–Crippen LogP) is 3.24. The number of nitrogens with one attached hydrogen (secondary N) is 1. The van der Waals surface area contributed by atoms with Crippen molar-refractivity contribution in [1.82, 2.24) is 4.31 Å². The first kappa shape index (κ1) is 19.2. The average molecular weight is 381 g/mol. The van der Waals surface area contributed by atoms with Crippen molar-refractivity contribution in [1.29, 1.82) is 0 Å². The molecule has 2 aliphatic rings. The monoisotopic (exact) mass is 380 g/mol. The first-order chi connectivity index (χ1) is 12.3. The Morgan fingerprint density at radius 3 is 2.46 bits per heavy atom. The lowest BCUT2D eigenvalue weighted by Crippen LogP contribution is -2.35. The molecule has 0 bridgehead atoms. The van der Waals surface area contributed by atoms with E-state index in [1.165, 1.54) is 10.4 Å². The van der Waals surface area contributed by atoms with Gasteiger partial charge in [-0.2, -0.15) is 4.31 Å². The summed E-state index contributed by atoms with van der Waals surface area (Å²) >= 11 is 0. The molecule has 1 saturated carbocycles. The zero-order valence-electron chi connectivity index (χ0n) is 15.7. The van der Waals surface area contributed by atoms with Gasteiger partial charge in [-0.3, -0.25) is 4.79 Å². The fraction of sp³-hybridized carbons (Fsp3) is 0.632. The van der Waals surface area contributed by atoms with Crippen molar-refractivity contribution in [2.75, 3.05) is 18.4 Å². The van der Waals surface area contributed by atoms with Crippen LogP contribution in [0.15, 0.2) is 23.1 Å². The smallest absolute Gasteiger partial charge is 0.243 e. The molecule has 7 heteroatoms. The molecule has 1 aliphatic heterocycles. The molecule has 1 aromatic rings. The summed E-state index contributed by atoms with van der Waals surface area (Å²) in [4.78, 5) is 12.6. The Bertz CT molecular complexity index is 770. The molecule has 0 aromatic heterocycles. The molecule has 0 unspecified atom stereocenters. The summed E-state index contributed by atoms with van der Waals surface area (Å²) in [5.41, 5.74) is 0.431. The molecule has 0 radical (unpaired) electrons. The van der Waals surface area contributed by atoms with Crippen LogP contribution in [-0.4, -0.2) is 37.8 Å². The second-order valence-electron chi connectivity index (χ2n) is 7.60. The third-order valence-electron chi connectivity index (χ3n) is 4.97. The number of carbonyl (C=O) groups is 1. The summed E-state index contributed by atoms with van der Waals surface area (Å²) in [6.45, 7) is 6.93. The lowest BCUT2D eigenvalue weighted by molar-refractivity contribution is -0.117.